The van der Waals surface area contributed by atoms with Crippen molar-refractivity contribution >= 4 is 13.8 Å². The highest BCUT2D eigenvalue weighted by molar-refractivity contribution is 7.47. The molecule has 364 valence electrons. The maximum absolute atomic E-state index is 12.8. The minimum absolute atomic E-state index is 0.0675. The number of hydrogen-bond acceptors (Lipinski definition) is 11. The molecule has 1 aliphatic rings. The molecule has 0 spiro atoms. The SMILES string of the molecule is CCCCCCCCCCCCCCCCCCCCOC[C@H](COP(=O)(O)OC1C(O)C(O)C(O)[C@@H](O)C1O)OC(=O)CCCCCCCCCCCCCCCCCC. The van der Waals surface area contributed by atoms with Gasteiger partial charge < -0.3 is 39.9 Å². The first-order valence-corrected chi connectivity index (χ1v) is 26.9. The number of rotatable bonds is 44. The molecule has 0 radical (unpaired) electrons. The Morgan fingerprint density at radius 1 is 0.459 bits per heavy atom. The number of hydrogen-bond donors (Lipinski definition) is 6. The van der Waals surface area contributed by atoms with Crippen LogP contribution in [0, 0.1) is 0 Å². The summed E-state index contributed by atoms with van der Waals surface area (Å²) in [6.07, 6.45) is 30.2. The van der Waals surface area contributed by atoms with Gasteiger partial charge in [-0.3, -0.25) is 13.8 Å². The number of esters is 1. The van der Waals surface area contributed by atoms with Crippen LogP contribution in [0.5, 0.6) is 0 Å². The zero-order valence-corrected chi connectivity index (χ0v) is 39.9. The summed E-state index contributed by atoms with van der Waals surface area (Å²) in [5.74, 6) is -0.470. The van der Waals surface area contributed by atoms with E-state index in [1.807, 2.05) is 0 Å². The third-order valence-corrected chi connectivity index (χ3v) is 13.2. The van der Waals surface area contributed by atoms with Crippen LogP contribution in [0.25, 0.3) is 0 Å². The van der Waals surface area contributed by atoms with Crippen molar-refractivity contribution in [2.75, 3.05) is 19.8 Å². The molecule has 1 fully saturated rings. The van der Waals surface area contributed by atoms with Gasteiger partial charge in [0.25, 0.3) is 0 Å². The predicted molar refractivity (Wildman–Crippen MR) is 244 cm³/mol. The van der Waals surface area contributed by atoms with Crippen LogP contribution in [0.2, 0.25) is 0 Å². The van der Waals surface area contributed by atoms with Gasteiger partial charge in [0.1, 0.15) is 42.7 Å². The monoisotopic (exact) mass is 895 g/mol. The van der Waals surface area contributed by atoms with E-state index in [2.05, 4.69) is 13.8 Å². The maximum atomic E-state index is 12.8. The third kappa shape index (κ3) is 31.8. The lowest BCUT2D eigenvalue weighted by Gasteiger charge is -2.41. The molecule has 12 nitrogen and oxygen atoms in total. The van der Waals surface area contributed by atoms with Gasteiger partial charge in [-0.25, -0.2) is 4.57 Å². The molecule has 0 aliphatic heterocycles. The molecule has 0 saturated heterocycles. The minimum Gasteiger partial charge on any atom is -0.457 e. The van der Waals surface area contributed by atoms with E-state index in [-0.39, 0.29) is 13.0 Å². The molecule has 8 atom stereocenters. The summed E-state index contributed by atoms with van der Waals surface area (Å²) in [5, 5.41) is 50.3. The molecular weight excluding hydrogens is 799 g/mol. The molecule has 0 bridgehead atoms. The highest BCUT2D eigenvalue weighted by atomic mass is 31.2. The second-order valence-corrected chi connectivity index (χ2v) is 19.4. The summed E-state index contributed by atoms with van der Waals surface area (Å²) in [5.41, 5.74) is 0. The van der Waals surface area contributed by atoms with E-state index in [1.54, 1.807) is 0 Å². The fourth-order valence-electron chi connectivity index (χ4n) is 8.18. The van der Waals surface area contributed by atoms with Crippen molar-refractivity contribution in [2.45, 2.75) is 281 Å². The van der Waals surface area contributed by atoms with E-state index in [0.29, 0.717) is 13.0 Å². The molecule has 6 unspecified atom stereocenters. The first-order chi connectivity index (χ1) is 29.5. The van der Waals surface area contributed by atoms with Crippen molar-refractivity contribution < 1.29 is 58.3 Å². The van der Waals surface area contributed by atoms with Gasteiger partial charge in [-0.15, -0.1) is 0 Å². The number of phosphoric acid groups is 1. The molecule has 0 aromatic heterocycles. The number of carbonyl (C=O) groups excluding carboxylic acids is 1. The summed E-state index contributed by atoms with van der Waals surface area (Å²) in [6.45, 7) is 4.31. The highest BCUT2D eigenvalue weighted by Gasteiger charge is 2.51. The van der Waals surface area contributed by atoms with Crippen molar-refractivity contribution in [3.63, 3.8) is 0 Å². The molecule has 0 aromatic carbocycles. The Hall–Kier alpha value is -0.660. The second kappa shape index (κ2) is 39.7. The number of unbranched alkanes of at least 4 members (excludes halogenated alkanes) is 32. The highest BCUT2D eigenvalue weighted by Crippen LogP contribution is 2.47. The Balaban J connectivity index is 2.33. The Morgan fingerprint density at radius 2 is 0.770 bits per heavy atom. The van der Waals surface area contributed by atoms with E-state index in [9.17, 15) is 39.8 Å². The number of phosphoric ester groups is 1. The van der Waals surface area contributed by atoms with E-state index < -0.39 is 63.1 Å². The molecule has 0 heterocycles. The average Bonchev–Trinajstić information content (AvgIpc) is 3.24. The molecular formula is C48H95O12P. The van der Waals surface area contributed by atoms with Crippen LogP contribution in [0.1, 0.15) is 239 Å². The topological polar surface area (TPSA) is 192 Å². The van der Waals surface area contributed by atoms with Crippen molar-refractivity contribution in [3.8, 4) is 0 Å². The van der Waals surface area contributed by atoms with Crippen molar-refractivity contribution in [1.29, 1.82) is 0 Å². The molecule has 61 heavy (non-hydrogen) atoms. The summed E-state index contributed by atoms with van der Waals surface area (Å²) in [4.78, 5) is 23.2. The van der Waals surface area contributed by atoms with Crippen LogP contribution >= 0.6 is 7.82 Å². The minimum atomic E-state index is -5.01. The Morgan fingerprint density at radius 3 is 1.13 bits per heavy atom. The molecule has 13 heteroatoms. The van der Waals surface area contributed by atoms with Gasteiger partial charge in [0, 0.05) is 13.0 Å². The van der Waals surface area contributed by atoms with Gasteiger partial charge in [-0.1, -0.05) is 219 Å². The third-order valence-electron chi connectivity index (χ3n) is 12.2. The Bertz CT molecular complexity index is 1020. The van der Waals surface area contributed by atoms with E-state index >= 15 is 0 Å². The Labute approximate surface area is 372 Å². The predicted octanol–water partition coefficient (Wildman–Crippen LogP) is 10.9. The van der Waals surface area contributed by atoms with Crippen molar-refractivity contribution in [3.05, 3.63) is 0 Å². The van der Waals surface area contributed by atoms with Crippen molar-refractivity contribution in [1.82, 2.24) is 0 Å². The standard InChI is InChI=1S/C48H95O12P/c1-3-5-7-9-11-13-15-17-19-21-22-24-26-28-30-32-34-36-38-57-39-41(40-58-61(55,56)60-48-46(53)44(51)43(50)45(52)47(48)54)59-42(49)37-35-33-31-29-27-25-23-20-18-16-14-12-10-8-6-4-2/h41,43-48,50-54H,3-40H2,1-2H3,(H,55,56)/t41-,43?,44-,45?,46?,47?,48?/m1/s1. The van der Waals surface area contributed by atoms with Crippen LogP contribution in [0.3, 0.4) is 0 Å². The van der Waals surface area contributed by atoms with Gasteiger partial charge in [0.15, 0.2) is 0 Å². The van der Waals surface area contributed by atoms with Gasteiger partial charge in [-0.05, 0) is 12.8 Å². The second-order valence-electron chi connectivity index (χ2n) is 18.0. The maximum Gasteiger partial charge on any atom is 0.472 e. The zero-order chi connectivity index (χ0) is 44.8. The van der Waals surface area contributed by atoms with Gasteiger partial charge in [0.05, 0.1) is 13.2 Å². The first kappa shape index (κ1) is 58.4. The van der Waals surface area contributed by atoms with Crippen molar-refractivity contribution in [2.24, 2.45) is 0 Å². The smallest absolute Gasteiger partial charge is 0.457 e. The van der Waals surface area contributed by atoms with Crippen LogP contribution in [0.4, 0.5) is 0 Å². The lowest BCUT2D eigenvalue weighted by Crippen LogP contribution is -2.64. The molecule has 0 amide bonds. The molecule has 1 rings (SSSR count). The van der Waals surface area contributed by atoms with Gasteiger partial charge in [-0.2, -0.15) is 0 Å². The number of aliphatic hydroxyl groups is 5. The quantitative estimate of drug-likeness (QED) is 0.0193. The lowest BCUT2D eigenvalue weighted by atomic mass is 9.85. The lowest BCUT2D eigenvalue weighted by molar-refractivity contribution is -0.220. The molecule has 1 saturated carbocycles. The number of carbonyl (C=O) groups is 1. The fraction of sp³-hybridized carbons (Fsp3) is 0.979. The average molecular weight is 895 g/mol. The van der Waals surface area contributed by atoms with E-state index in [1.165, 1.54) is 173 Å². The van der Waals surface area contributed by atoms with Crippen LogP contribution in [0.15, 0.2) is 0 Å². The summed E-state index contributed by atoms with van der Waals surface area (Å²) >= 11 is 0. The fourth-order valence-corrected chi connectivity index (χ4v) is 9.15. The number of aliphatic hydroxyl groups excluding tert-OH is 5. The summed E-state index contributed by atoms with van der Waals surface area (Å²) < 4.78 is 34.3. The van der Waals surface area contributed by atoms with Crippen LogP contribution in [-0.4, -0.2) is 98.9 Å². The first-order valence-electron chi connectivity index (χ1n) is 25.4. The Kier molecular flexibility index (Phi) is 38.0. The van der Waals surface area contributed by atoms with Crippen LogP contribution in [-0.2, 0) is 27.9 Å². The summed E-state index contributed by atoms with van der Waals surface area (Å²) in [7, 11) is -5.01. The zero-order valence-electron chi connectivity index (χ0n) is 39.0. The largest absolute Gasteiger partial charge is 0.472 e. The van der Waals surface area contributed by atoms with Gasteiger partial charge in [0.2, 0.25) is 0 Å². The summed E-state index contributed by atoms with van der Waals surface area (Å²) in [6, 6.07) is 0. The number of ether oxygens (including phenoxy) is 2. The normalized spacial score (nSPS) is 22.0. The molecule has 6 N–H and O–H groups in total. The molecule has 1 aliphatic carbocycles. The van der Waals surface area contributed by atoms with E-state index in [0.717, 1.165) is 38.5 Å². The van der Waals surface area contributed by atoms with E-state index in [4.69, 9.17) is 18.5 Å². The molecule has 0 aromatic rings. The van der Waals surface area contributed by atoms with Crippen LogP contribution < -0.4 is 0 Å². The van der Waals surface area contributed by atoms with Gasteiger partial charge >= 0.3 is 13.8 Å².